The van der Waals surface area contributed by atoms with E-state index < -0.39 is 16.1 Å². The molecule has 2 aromatic carbocycles. The van der Waals surface area contributed by atoms with E-state index >= 15 is 0 Å². The number of carbonyl (C=O) groups excluding carboxylic acids is 1. The summed E-state index contributed by atoms with van der Waals surface area (Å²) in [7, 11) is -3.75. The van der Waals surface area contributed by atoms with Crippen LogP contribution < -0.4 is 21.1 Å². The minimum absolute atomic E-state index is 0. The molecule has 7 nitrogen and oxygen atoms in total. The van der Waals surface area contributed by atoms with Gasteiger partial charge in [0.1, 0.15) is 6.04 Å². The van der Waals surface area contributed by atoms with Crippen LogP contribution in [0.15, 0.2) is 47.4 Å². The standard InChI is InChI=1S/C18H22N4O3S.ClH/c1-12(22-11-3-4-15-16(19)5-2-6-17(15)22)18(23)21-13-7-9-14(10-8-13)26(20,24)25;/h2,5-10,12H,3-4,11,19H2,1H3,(H,21,23)(H2,20,24,25);1H. The Morgan fingerprint density at radius 3 is 2.48 bits per heavy atom. The number of carbonyl (C=O) groups is 1. The molecule has 1 atom stereocenters. The number of nitrogens with two attached hydrogens (primary N) is 2. The van der Waals surface area contributed by atoms with Gasteiger partial charge in [0.2, 0.25) is 15.9 Å². The van der Waals surface area contributed by atoms with Crippen molar-refractivity contribution in [1.29, 1.82) is 0 Å². The summed E-state index contributed by atoms with van der Waals surface area (Å²) in [5.41, 5.74) is 9.40. The molecular weight excluding hydrogens is 388 g/mol. The van der Waals surface area contributed by atoms with E-state index in [1.807, 2.05) is 30.0 Å². The maximum atomic E-state index is 12.7. The first kappa shape index (κ1) is 21.0. The number of nitrogens with zero attached hydrogens (tertiary/aromatic N) is 1. The molecule has 1 amide bonds. The van der Waals surface area contributed by atoms with Crippen LogP contribution in [0.3, 0.4) is 0 Å². The summed E-state index contributed by atoms with van der Waals surface area (Å²) in [5, 5.41) is 7.89. The van der Waals surface area contributed by atoms with Crippen LogP contribution in [0.4, 0.5) is 17.1 Å². The predicted molar refractivity (Wildman–Crippen MR) is 110 cm³/mol. The number of halogens is 1. The van der Waals surface area contributed by atoms with Crippen molar-refractivity contribution >= 4 is 45.4 Å². The van der Waals surface area contributed by atoms with Crippen molar-refractivity contribution in [2.24, 2.45) is 5.14 Å². The van der Waals surface area contributed by atoms with Crippen LogP contribution in [0.1, 0.15) is 18.9 Å². The molecule has 27 heavy (non-hydrogen) atoms. The zero-order valence-corrected chi connectivity index (χ0v) is 16.5. The molecule has 0 aromatic heterocycles. The molecular formula is C18H23ClN4O3S. The zero-order chi connectivity index (χ0) is 18.9. The van der Waals surface area contributed by atoms with E-state index in [0.29, 0.717) is 5.69 Å². The highest BCUT2D eigenvalue weighted by molar-refractivity contribution is 7.89. The third-order valence-corrected chi connectivity index (χ3v) is 5.55. The van der Waals surface area contributed by atoms with E-state index in [9.17, 15) is 13.2 Å². The van der Waals surface area contributed by atoms with Crippen LogP contribution in [0.5, 0.6) is 0 Å². The molecule has 1 unspecified atom stereocenters. The summed E-state index contributed by atoms with van der Waals surface area (Å²) in [6, 6.07) is 11.1. The summed E-state index contributed by atoms with van der Waals surface area (Å²) in [5.74, 6) is -0.177. The first-order valence-electron chi connectivity index (χ1n) is 8.35. The number of amides is 1. The van der Waals surface area contributed by atoms with Crippen molar-refractivity contribution in [3.8, 4) is 0 Å². The average molecular weight is 411 g/mol. The predicted octanol–water partition coefficient (Wildman–Crippen LogP) is 2.12. The topological polar surface area (TPSA) is 119 Å². The van der Waals surface area contributed by atoms with Crippen molar-refractivity contribution in [2.45, 2.75) is 30.7 Å². The molecule has 1 aliphatic heterocycles. The quantitative estimate of drug-likeness (QED) is 0.667. The van der Waals surface area contributed by atoms with Crippen LogP contribution in [-0.2, 0) is 21.2 Å². The lowest BCUT2D eigenvalue weighted by molar-refractivity contribution is -0.117. The van der Waals surface area contributed by atoms with Crippen LogP contribution in [0.25, 0.3) is 0 Å². The van der Waals surface area contributed by atoms with Gasteiger partial charge in [-0.05, 0) is 61.7 Å². The molecule has 0 saturated heterocycles. The van der Waals surface area contributed by atoms with Crippen molar-refractivity contribution < 1.29 is 13.2 Å². The average Bonchev–Trinajstić information content (AvgIpc) is 2.61. The van der Waals surface area contributed by atoms with E-state index in [2.05, 4.69) is 5.32 Å². The molecule has 1 heterocycles. The molecule has 0 saturated carbocycles. The van der Waals surface area contributed by atoms with Gasteiger partial charge < -0.3 is 16.0 Å². The van der Waals surface area contributed by atoms with E-state index in [4.69, 9.17) is 10.9 Å². The smallest absolute Gasteiger partial charge is 0.246 e. The van der Waals surface area contributed by atoms with Gasteiger partial charge in [-0.25, -0.2) is 13.6 Å². The summed E-state index contributed by atoms with van der Waals surface area (Å²) in [4.78, 5) is 14.7. The lowest BCUT2D eigenvalue weighted by atomic mass is 9.98. The second kappa shape index (κ2) is 8.16. The van der Waals surface area contributed by atoms with Crippen molar-refractivity contribution in [3.63, 3.8) is 0 Å². The highest BCUT2D eigenvalue weighted by Crippen LogP contribution is 2.32. The van der Waals surface area contributed by atoms with Gasteiger partial charge in [0.25, 0.3) is 0 Å². The summed E-state index contributed by atoms with van der Waals surface area (Å²) in [6.45, 7) is 2.61. The number of sulfonamides is 1. The minimum atomic E-state index is -3.75. The van der Waals surface area contributed by atoms with E-state index in [0.717, 1.165) is 36.3 Å². The molecule has 2 aromatic rings. The Labute approximate surface area is 165 Å². The van der Waals surface area contributed by atoms with Gasteiger partial charge >= 0.3 is 0 Å². The van der Waals surface area contributed by atoms with Gasteiger partial charge in [-0.1, -0.05) is 6.07 Å². The second-order valence-corrected chi connectivity index (χ2v) is 7.94. The summed E-state index contributed by atoms with van der Waals surface area (Å²) < 4.78 is 22.6. The molecule has 0 fully saturated rings. The summed E-state index contributed by atoms with van der Waals surface area (Å²) in [6.07, 6.45) is 1.84. The Bertz CT molecular complexity index is 932. The van der Waals surface area contributed by atoms with E-state index in [1.54, 1.807) is 0 Å². The number of rotatable bonds is 4. The molecule has 1 aliphatic rings. The van der Waals surface area contributed by atoms with Gasteiger partial charge in [-0.15, -0.1) is 12.4 Å². The number of nitrogens with one attached hydrogen (secondary N) is 1. The fourth-order valence-corrected chi connectivity index (χ4v) is 3.71. The number of benzene rings is 2. The largest absolute Gasteiger partial charge is 0.398 e. The van der Waals surface area contributed by atoms with Crippen LogP contribution in [0, 0.1) is 0 Å². The number of hydrogen-bond donors (Lipinski definition) is 3. The zero-order valence-electron chi connectivity index (χ0n) is 14.9. The highest BCUT2D eigenvalue weighted by atomic mass is 35.5. The van der Waals surface area contributed by atoms with Gasteiger partial charge in [-0.2, -0.15) is 0 Å². The molecule has 3 rings (SSSR count). The van der Waals surface area contributed by atoms with Crippen LogP contribution >= 0.6 is 12.4 Å². The Morgan fingerprint density at radius 1 is 1.19 bits per heavy atom. The molecule has 146 valence electrons. The lowest BCUT2D eigenvalue weighted by Gasteiger charge is -2.36. The van der Waals surface area contributed by atoms with Crippen molar-refractivity contribution in [1.82, 2.24) is 0 Å². The summed E-state index contributed by atoms with van der Waals surface area (Å²) >= 11 is 0. The maximum Gasteiger partial charge on any atom is 0.246 e. The molecule has 0 radical (unpaired) electrons. The van der Waals surface area contributed by atoms with Gasteiger partial charge in [0.05, 0.1) is 4.90 Å². The van der Waals surface area contributed by atoms with Crippen molar-refractivity contribution in [3.05, 3.63) is 48.0 Å². The van der Waals surface area contributed by atoms with Crippen LogP contribution in [0.2, 0.25) is 0 Å². The SMILES string of the molecule is CC(C(=O)Nc1ccc(S(N)(=O)=O)cc1)N1CCCc2c(N)cccc21.Cl. The van der Waals surface area contributed by atoms with Gasteiger partial charge in [0, 0.05) is 23.6 Å². The first-order valence-corrected chi connectivity index (χ1v) is 9.90. The Hall–Kier alpha value is -2.29. The third kappa shape index (κ3) is 4.52. The maximum absolute atomic E-state index is 12.7. The van der Waals surface area contributed by atoms with E-state index in [1.165, 1.54) is 24.3 Å². The Kier molecular flexibility index (Phi) is 6.35. The van der Waals surface area contributed by atoms with Gasteiger partial charge in [-0.3, -0.25) is 4.79 Å². The Morgan fingerprint density at radius 2 is 1.85 bits per heavy atom. The van der Waals surface area contributed by atoms with Gasteiger partial charge in [0.15, 0.2) is 0 Å². The fraction of sp³-hybridized carbons (Fsp3) is 0.278. The minimum Gasteiger partial charge on any atom is -0.398 e. The normalized spacial score (nSPS) is 14.7. The fourth-order valence-electron chi connectivity index (χ4n) is 3.20. The van der Waals surface area contributed by atoms with Crippen molar-refractivity contribution in [2.75, 3.05) is 22.5 Å². The Balaban J connectivity index is 0.00000261. The monoisotopic (exact) mass is 410 g/mol. The molecule has 5 N–H and O–H groups in total. The van der Waals surface area contributed by atoms with Crippen LogP contribution in [-0.4, -0.2) is 26.9 Å². The number of nitrogen functional groups attached to an aromatic ring is 1. The number of anilines is 3. The second-order valence-electron chi connectivity index (χ2n) is 6.38. The first-order chi connectivity index (χ1) is 12.3. The molecule has 0 bridgehead atoms. The molecule has 9 heteroatoms. The number of hydrogen-bond acceptors (Lipinski definition) is 5. The third-order valence-electron chi connectivity index (χ3n) is 4.62. The number of primary sulfonamides is 1. The molecule has 0 aliphatic carbocycles. The lowest BCUT2D eigenvalue weighted by Crippen LogP contribution is -2.44. The number of fused-ring (bicyclic) bond motifs is 1. The van der Waals surface area contributed by atoms with E-state index in [-0.39, 0.29) is 23.2 Å². The highest BCUT2D eigenvalue weighted by Gasteiger charge is 2.27. The molecule has 0 spiro atoms.